The molecular formula is C48H50N8O6. The highest BCUT2D eigenvalue weighted by atomic mass is 17.2. The number of ether oxygens (including phenoxy) is 1. The number of H-pyrrole nitrogens is 2. The molecule has 318 valence electrons. The van der Waals surface area contributed by atoms with E-state index < -0.39 is 18.2 Å². The topological polar surface area (TPSA) is 167 Å². The number of hydrogen-bond donors (Lipinski definition) is 3. The third-order valence-corrected chi connectivity index (χ3v) is 11.7. The van der Waals surface area contributed by atoms with E-state index in [4.69, 9.17) is 19.6 Å². The Morgan fingerprint density at radius 1 is 0.694 bits per heavy atom. The van der Waals surface area contributed by atoms with E-state index in [1.807, 2.05) is 82.9 Å². The zero-order valence-corrected chi connectivity index (χ0v) is 34.8. The third kappa shape index (κ3) is 9.60. The average molecular weight is 835 g/mol. The summed E-state index contributed by atoms with van der Waals surface area (Å²) < 4.78 is 4.84. The van der Waals surface area contributed by atoms with Gasteiger partial charge in [-0.1, -0.05) is 109 Å². The molecule has 2 aliphatic rings. The van der Waals surface area contributed by atoms with E-state index in [9.17, 15) is 14.4 Å². The number of carbonyl (C=O) groups is 3. The fraction of sp³-hybridized carbons (Fsp3) is 0.292. The predicted molar refractivity (Wildman–Crippen MR) is 234 cm³/mol. The molecule has 14 nitrogen and oxygen atoms in total. The zero-order chi connectivity index (χ0) is 42.8. The first kappa shape index (κ1) is 41.7. The first-order valence-electron chi connectivity index (χ1n) is 20.9. The van der Waals surface area contributed by atoms with Crippen molar-refractivity contribution in [1.82, 2.24) is 35.1 Å². The van der Waals surface area contributed by atoms with E-state index in [0.29, 0.717) is 13.1 Å². The lowest BCUT2D eigenvalue weighted by Gasteiger charge is -2.26. The molecule has 3 amide bonds. The molecule has 2 fully saturated rings. The van der Waals surface area contributed by atoms with Gasteiger partial charge in [-0.05, 0) is 59.1 Å². The number of aliphatic imine (C=N–C) groups is 1. The summed E-state index contributed by atoms with van der Waals surface area (Å²) in [5.41, 5.74) is 7.63. The summed E-state index contributed by atoms with van der Waals surface area (Å²) in [6.45, 7) is 1.27. The molecule has 62 heavy (non-hydrogen) atoms. The van der Waals surface area contributed by atoms with Gasteiger partial charge in [-0.25, -0.2) is 19.8 Å². The van der Waals surface area contributed by atoms with Crippen LogP contribution >= 0.6 is 0 Å². The van der Waals surface area contributed by atoms with E-state index in [1.165, 1.54) is 20.6 Å². The standard InChI is InChI=1S/C48H50N8O6/c1-60-48(59)54-39(35-13-7-4-8-14-35)28-45(58)56-26-10-16-43(56)47-50-30-41(53-47)37-23-19-33(20-24-37)32-17-21-36(22-18-32)40-29-49-46(52-40)42-15-9-25-55(42)44(57)27-38(51-31-62-61-2)34-11-5-3-6-12-34/h3-8,11-14,17-24,29-31,38-39,42-43H,9-10,15-16,25-28H2,1-2H3,(H,49,52)(H,50,53)(H,54,59)/t38-,39-,42+,43+/m1/s1. The summed E-state index contributed by atoms with van der Waals surface area (Å²) >= 11 is 0. The summed E-state index contributed by atoms with van der Waals surface area (Å²) in [5.74, 6) is 1.46. The smallest absolute Gasteiger partial charge is 0.407 e. The average Bonchev–Trinajstić information content (AvgIpc) is 4.17. The second-order valence-electron chi connectivity index (χ2n) is 15.5. The largest absolute Gasteiger partial charge is 0.453 e. The van der Waals surface area contributed by atoms with Crippen molar-refractivity contribution >= 4 is 24.3 Å². The molecule has 2 saturated heterocycles. The lowest BCUT2D eigenvalue weighted by atomic mass is 10.0. The Hall–Kier alpha value is -7.06. The van der Waals surface area contributed by atoms with Crippen molar-refractivity contribution in [3.63, 3.8) is 0 Å². The Morgan fingerprint density at radius 2 is 1.18 bits per heavy atom. The Bertz CT molecular complexity index is 2450. The summed E-state index contributed by atoms with van der Waals surface area (Å²) in [6, 6.07) is 34.6. The molecule has 0 spiro atoms. The number of hydrogen-bond acceptors (Lipinski definition) is 9. The lowest BCUT2D eigenvalue weighted by molar-refractivity contribution is -0.188. The van der Waals surface area contributed by atoms with E-state index in [0.717, 1.165) is 82.1 Å². The SMILES string of the molecule is COOC=N[C@H](CC(=O)N1CCC[C@H]1c1ncc(-c2ccc(-c3ccc(-c4cnc([C@@H]5CCCN5C(=O)C[C@@H](NC(=O)OC)c5ccccc5)[nH]4)cc3)cc2)[nH]1)c1ccccc1. The van der Waals surface area contributed by atoms with Gasteiger partial charge < -0.3 is 34.7 Å². The van der Waals surface area contributed by atoms with E-state index in [-0.39, 0.29) is 36.7 Å². The second-order valence-corrected chi connectivity index (χ2v) is 15.5. The van der Waals surface area contributed by atoms with Gasteiger partial charge in [0.1, 0.15) is 11.6 Å². The molecule has 6 aromatic rings. The number of aromatic nitrogens is 4. The van der Waals surface area contributed by atoms with Crippen molar-refractivity contribution < 1.29 is 28.9 Å². The normalized spacial score (nSPS) is 17.3. The Balaban J connectivity index is 0.893. The highest BCUT2D eigenvalue weighted by molar-refractivity contribution is 5.79. The van der Waals surface area contributed by atoms with Crippen molar-refractivity contribution in [3.8, 4) is 33.6 Å². The maximum absolute atomic E-state index is 13.7. The first-order valence-corrected chi connectivity index (χ1v) is 20.9. The molecule has 0 unspecified atom stereocenters. The number of rotatable bonds is 15. The number of likely N-dealkylation sites (tertiary alicyclic amines) is 2. The molecule has 0 aliphatic carbocycles. The van der Waals surface area contributed by atoms with Crippen molar-refractivity contribution in [2.24, 2.45) is 4.99 Å². The van der Waals surface area contributed by atoms with Gasteiger partial charge in [-0.3, -0.25) is 9.59 Å². The summed E-state index contributed by atoms with van der Waals surface area (Å²) in [5, 5.41) is 2.82. The van der Waals surface area contributed by atoms with Crippen LogP contribution in [0.3, 0.4) is 0 Å². The molecule has 2 aromatic heterocycles. The van der Waals surface area contributed by atoms with Crippen LogP contribution in [-0.2, 0) is 24.1 Å². The van der Waals surface area contributed by atoms with Gasteiger partial charge in [-0.15, -0.1) is 0 Å². The Labute approximate surface area is 360 Å². The van der Waals surface area contributed by atoms with Crippen molar-refractivity contribution in [2.75, 3.05) is 27.3 Å². The Kier molecular flexibility index (Phi) is 13.1. The number of alkyl carbamates (subject to hydrolysis) is 1. The van der Waals surface area contributed by atoms with E-state index in [2.05, 4.69) is 73.7 Å². The minimum absolute atomic E-state index is 0.00469. The fourth-order valence-electron chi connectivity index (χ4n) is 8.48. The van der Waals surface area contributed by atoms with Crippen LogP contribution in [0, 0.1) is 0 Å². The Morgan fingerprint density at radius 3 is 1.68 bits per heavy atom. The molecule has 0 bridgehead atoms. The van der Waals surface area contributed by atoms with Crippen LogP contribution < -0.4 is 5.32 Å². The number of nitrogens with one attached hydrogen (secondary N) is 3. The molecular weight excluding hydrogens is 785 g/mol. The van der Waals surface area contributed by atoms with Crippen molar-refractivity contribution in [1.29, 1.82) is 0 Å². The number of nitrogens with zero attached hydrogens (tertiary/aromatic N) is 5. The molecule has 0 saturated carbocycles. The summed E-state index contributed by atoms with van der Waals surface area (Å²) in [4.78, 5) is 73.7. The van der Waals surface area contributed by atoms with E-state index in [1.54, 1.807) is 0 Å². The predicted octanol–water partition coefficient (Wildman–Crippen LogP) is 8.69. The third-order valence-electron chi connectivity index (χ3n) is 11.7. The lowest BCUT2D eigenvalue weighted by Crippen LogP contribution is -2.36. The number of imidazole rings is 2. The van der Waals surface area contributed by atoms with Gasteiger partial charge >= 0.3 is 6.09 Å². The van der Waals surface area contributed by atoms with Crippen LogP contribution in [0.15, 0.2) is 127 Å². The second kappa shape index (κ2) is 19.5. The maximum atomic E-state index is 13.7. The van der Waals surface area contributed by atoms with Gasteiger partial charge in [-0.2, -0.15) is 4.89 Å². The van der Waals surface area contributed by atoms with Gasteiger partial charge in [0, 0.05) is 13.1 Å². The zero-order valence-electron chi connectivity index (χ0n) is 34.8. The van der Waals surface area contributed by atoms with Crippen molar-refractivity contribution in [2.45, 2.75) is 62.7 Å². The quantitative estimate of drug-likeness (QED) is 0.0400. The van der Waals surface area contributed by atoms with Crippen LogP contribution in [-0.4, -0.2) is 81.4 Å². The van der Waals surface area contributed by atoms with E-state index >= 15 is 0 Å². The number of carbonyl (C=O) groups excluding carboxylic acids is 3. The minimum Gasteiger partial charge on any atom is -0.453 e. The molecule has 4 heterocycles. The highest BCUT2D eigenvalue weighted by Crippen LogP contribution is 2.36. The van der Waals surface area contributed by atoms with Crippen LogP contribution in [0.1, 0.15) is 85.5 Å². The van der Waals surface area contributed by atoms with Crippen LogP contribution in [0.2, 0.25) is 0 Å². The number of methoxy groups -OCH3 is 1. The highest BCUT2D eigenvalue weighted by Gasteiger charge is 2.35. The van der Waals surface area contributed by atoms with Crippen LogP contribution in [0.5, 0.6) is 0 Å². The summed E-state index contributed by atoms with van der Waals surface area (Å²) in [6.07, 6.45) is 7.99. The molecule has 14 heteroatoms. The van der Waals surface area contributed by atoms with Crippen molar-refractivity contribution in [3.05, 3.63) is 144 Å². The van der Waals surface area contributed by atoms with Gasteiger partial charge in [0.25, 0.3) is 0 Å². The number of aromatic amines is 2. The molecule has 2 aliphatic heterocycles. The molecule has 4 atom stereocenters. The summed E-state index contributed by atoms with van der Waals surface area (Å²) in [7, 11) is 2.72. The molecule has 4 aromatic carbocycles. The molecule has 3 N–H and O–H groups in total. The van der Waals surface area contributed by atoms with Gasteiger partial charge in [0.05, 0.1) is 75.0 Å². The minimum atomic E-state index is -0.582. The van der Waals surface area contributed by atoms with Gasteiger partial charge in [0.15, 0.2) is 0 Å². The molecule has 0 radical (unpaired) electrons. The first-order chi connectivity index (χ1) is 30.4. The monoisotopic (exact) mass is 834 g/mol. The van der Waals surface area contributed by atoms with Crippen LogP contribution in [0.25, 0.3) is 33.6 Å². The number of amides is 3. The fourth-order valence-corrected chi connectivity index (χ4v) is 8.48. The maximum Gasteiger partial charge on any atom is 0.407 e. The molecule has 8 rings (SSSR count). The van der Waals surface area contributed by atoms with Gasteiger partial charge in [0.2, 0.25) is 18.2 Å². The number of benzene rings is 4. The van der Waals surface area contributed by atoms with Crippen LogP contribution in [0.4, 0.5) is 4.79 Å².